The number of aryl methyl sites for hydroxylation is 1. The molecule has 9 heteroatoms. The molecule has 0 aliphatic rings. The fourth-order valence-electron chi connectivity index (χ4n) is 3.12. The minimum atomic E-state index is -0.924. The van der Waals surface area contributed by atoms with Gasteiger partial charge in [0.25, 0.3) is 5.91 Å². The Bertz CT molecular complexity index is 1260. The summed E-state index contributed by atoms with van der Waals surface area (Å²) < 4.78 is 11.0. The zero-order valence-corrected chi connectivity index (χ0v) is 20.3. The number of nitrogens with zero attached hydrogens (tertiary/aromatic N) is 1. The molecular formula is C27H28N4O5. The fraction of sp³-hybridized carbons (Fsp3) is 0.185. The van der Waals surface area contributed by atoms with Crippen LogP contribution in [-0.4, -0.2) is 37.1 Å². The number of nitrogens with one attached hydrogen (secondary N) is 3. The summed E-state index contributed by atoms with van der Waals surface area (Å²) in [5.41, 5.74) is 6.09. The van der Waals surface area contributed by atoms with Crippen LogP contribution in [0.4, 0.5) is 11.4 Å². The van der Waals surface area contributed by atoms with Gasteiger partial charge in [-0.3, -0.25) is 14.4 Å². The highest BCUT2D eigenvalue weighted by atomic mass is 16.5. The van der Waals surface area contributed by atoms with Crippen LogP contribution in [-0.2, 0) is 14.4 Å². The van der Waals surface area contributed by atoms with Crippen molar-refractivity contribution in [3.63, 3.8) is 0 Å². The van der Waals surface area contributed by atoms with Crippen molar-refractivity contribution in [2.24, 2.45) is 5.10 Å². The summed E-state index contributed by atoms with van der Waals surface area (Å²) >= 11 is 0. The molecule has 3 amide bonds. The van der Waals surface area contributed by atoms with Crippen LogP contribution >= 0.6 is 0 Å². The van der Waals surface area contributed by atoms with Crippen molar-refractivity contribution in [3.8, 4) is 11.5 Å². The number of hydrazone groups is 1. The van der Waals surface area contributed by atoms with E-state index in [0.717, 1.165) is 16.8 Å². The van der Waals surface area contributed by atoms with Crippen molar-refractivity contribution in [1.29, 1.82) is 0 Å². The van der Waals surface area contributed by atoms with Crippen molar-refractivity contribution in [1.82, 2.24) is 5.43 Å². The van der Waals surface area contributed by atoms with Crippen molar-refractivity contribution >= 4 is 35.3 Å². The lowest BCUT2D eigenvalue weighted by atomic mass is 10.1. The van der Waals surface area contributed by atoms with Gasteiger partial charge in [0.2, 0.25) is 0 Å². The molecule has 0 aliphatic heterocycles. The molecule has 3 aromatic rings. The van der Waals surface area contributed by atoms with Crippen LogP contribution in [0.15, 0.2) is 71.8 Å². The molecule has 0 radical (unpaired) electrons. The Kier molecular flexibility index (Phi) is 9.16. The van der Waals surface area contributed by atoms with E-state index >= 15 is 0 Å². The van der Waals surface area contributed by atoms with Crippen molar-refractivity contribution in [3.05, 3.63) is 83.4 Å². The topological polar surface area (TPSA) is 118 Å². The maximum atomic E-state index is 12.2. The first-order valence-electron chi connectivity index (χ1n) is 11.3. The standard InChI is InChI=1S/C27H28N4O5/c1-4-35-24-11-6-5-9-23(24)30-26(33)27(34)31-28-16-20-12-14-21(15-13-20)36-17-25(32)29-22-10-7-8-18(2)19(22)3/h5-16H,4,17H2,1-3H3,(H,29,32)(H,30,33)(H,31,34)/b28-16-. The molecule has 0 unspecified atom stereocenters. The normalized spacial score (nSPS) is 10.5. The quantitative estimate of drug-likeness (QED) is 0.241. The Morgan fingerprint density at radius 1 is 0.833 bits per heavy atom. The van der Waals surface area contributed by atoms with E-state index in [0.29, 0.717) is 29.4 Å². The predicted molar refractivity (Wildman–Crippen MR) is 138 cm³/mol. The van der Waals surface area contributed by atoms with Crippen molar-refractivity contribution < 1.29 is 23.9 Å². The van der Waals surface area contributed by atoms with E-state index in [1.807, 2.05) is 39.0 Å². The molecule has 0 atom stereocenters. The summed E-state index contributed by atoms with van der Waals surface area (Å²) in [5, 5.41) is 9.14. The Morgan fingerprint density at radius 3 is 2.31 bits per heavy atom. The van der Waals surface area contributed by atoms with Crippen LogP contribution in [0.25, 0.3) is 0 Å². The number of para-hydroxylation sites is 2. The Hall–Kier alpha value is -4.66. The Labute approximate surface area is 209 Å². The van der Waals surface area contributed by atoms with Gasteiger partial charge in [-0.05, 0) is 79.9 Å². The number of rotatable bonds is 9. The number of carbonyl (C=O) groups is 3. The van der Waals surface area contributed by atoms with Crippen LogP contribution in [0, 0.1) is 13.8 Å². The lowest BCUT2D eigenvalue weighted by Gasteiger charge is -2.11. The van der Waals surface area contributed by atoms with Gasteiger partial charge in [-0.25, -0.2) is 5.43 Å². The number of anilines is 2. The summed E-state index contributed by atoms with van der Waals surface area (Å²) in [6.45, 7) is 6.03. The molecule has 186 valence electrons. The monoisotopic (exact) mass is 488 g/mol. The van der Waals surface area contributed by atoms with Crippen LogP contribution in [0.5, 0.6) is 11.5 Å². The summed E-state index contributed by atoms with van der Waals surface area (Å²) in [7, 11) is 0. The first-order chi connectivity index (χ1) is 17.4. The van der Waals surface area contributed by atoms with Gasteiger partial charge in [0, 0.05) is 5.69 Å². The van der Waals surface area contributed by atoms with Crippen LogP contribution in [0.3, 0.4) is 0 Å². The van der Waals surface area contributed by atoms with E-state index in [4.69, 9.17) is 9.47 Å². The lowest BCUT2D eigenvalue weighted by molar-refractivity contribution is -0.136. The Balaban J connectivity index is 1.46. The molecular weight excluding hydrogens is 460 g/mol. The molecule has 0 aromatic heterocycles. The van der Waals surface area contributed by atoms with Crippen LogP contribution < -0.4 is 25.5 Å². The number of hydrogen-bond acceptors (Lipinski definition) is 6. The summed E-state index contributed by atoms with van der Waals surface area (Å²) in [6.07, 6.45) is 1.39. The predicted octanol–water partition coefficient (Wildman–Crippen LogP) is 3.81. The van der Waals surface area contributed by atoms with Crippen molar-refractivity contribution in [2.75, 3.05) is 23.8 Å². The van der Waals surface area contributed by atoms with E-state index in [-0.39, 0.29) is 12.5 Å². The second kappa shape index (κ2) is 12.7. The summed E-state index contributed by atoms with van der Waals surface area (Å²) in [5.74, 6) is -1.09. The second-order valence-electron chi connectivity index (χ2n) is 7.74. The van der Waals surface area contributed by atoms with Gasteiger partial charge in [0.15, 0.2) is 6.61 Å². The number of hydrogen-bond donors (Lipinski definition) is 3. The molecule has 36 heavy (non-hydrogen) atoms. The SMILES string of the molecule is CCOc1ccccc1NC(=O)C(=O)N/N=C\c1ccc(OCC(=O)Nc2cccc(C)c2C)cc1. The maximum absolute atomic E-state index is 12.2. The van der Waals surface area contributed by atoms with E-state index < -0.39 is 11.8 Å². The number of carbonyl (C=O) groups excluding carboxylic acids is 3. The molecule has 3 rings (SSSR count). The zero-order chi connectivity index (χ0) is 25.9. The van der Waals surface area contributed by atoms with E-state index in [2.05, 4.69) is 21.2 Å². The van der Waals surface area contributed by atoms with E-state index in [1.54, 1.807) is 48.5 Å². The largest absolute Gasteiger partial charge is 0.492 e. The fourth-order valence-corrected chi connectivity index (χ4v) is 3.12. The van der Waals surface area contributed by atoms with Gasteiger partial charge in [-0.15, -0.1) is 0 Å². The number of ether oxygens (including phenoxy) is 2. The smallest absolute Gasteiger partial charge is 0.329 e. The molecule has 3 aromatic carbocycles. The van der Waals surface area contributed by atoms with E-state index in [9.17, 15) is 14.4 Å². The highest BCUT2D eigenvalue weighted by Crippen LogP contribution is 2.23. The molecule has 0 spiro atoms. The molecule has 0 saturated carbocycles. The minimum Gasteiger partial charge on any atom is -0.492 e. The van der Waals surface area contributed by atoms with Gasteiger partial charge in [0.05, 0.1) is 18.5 Å². The van der Waals surface area contributed by atoms with E-state index in [1.165, 1.54) is 6.21 Å². The maximum Gasteiger partial charge on any atom is 0.329 e. The molecule has 0 bridgehead atoms. The molecule has 0 fully saturated rings. The average Bonchev–Trinajstić information content (AvgIpc) is 2.87. The number of benzene rings is 3. The molecule has 3 N–H and O–H groups in total. The minimum absolute atomic E-state index is 0.140. The van der Waals surface area contributed by atoms with Crippen molar-refractivity contribution in [2.45, 2.75) is 20.8 Å². The first-order valence-corrected chi connectivity index (χ1v) is 11.3. The van der Waals surface area contributed by atoms with Gasteiger partial charge in [0.1, 0.15) is 11.5 Å². The molecule has 0 saturated heterocycles. The van der Waals surface area contributed by atoms with Gasteiger partial charge >= 0.3 is 11.8 Å². The summed E-state index contributed by atoms with van der Waals surface area (Å²) in [6, 6.07) is 19.3. The van der Waals surface area contributed by atoms with Crippen LogP contribution in [0.1, 0.15) is 23.6 Å². The lowest BCUT2D eigenvalue weighted by Crippen LogP contribution is -2.32. The first kappa shape index (κ1) is 26.0. The Morgan fingerprint density at radius 2 is 1.56 bits per heavy atom. The van der Waals surface area contributed by atoms with Crippen LogP contribution in [0.2, 0.25) is 0 Å². The van der Waals surface area contributed by atoms with Gasteiger partial charge < -0.3 is 20.1 Å². The highest BCUT2D eigenvalue weighted by Gasteiger charge is 2.15. The molecule has 0 aliphatic carbocycles. The number of amides is 3. The highest BCUT2D eigenvalue weighted by molar-refractivity contribution is 6.39. The van der Waals surface area contributed by atoms with Gasteiger partial charge in [-0.2, -0.15) is 5.10 Å². The third-order valence-corrected chi connectivity index (χ3v) is 5.15. The third kappa shape index (κ3) is 7.42. The second-order valence-corrected chi connectivity index (χ2v) is 7.74. The zero-order valence-electron chi connectivity index (χ0n) is 20.3. The summed E-state index contributed by atoms with van der Waals surface area (Å²) in [4.78, 5) is 36.4. The van der Waals surface area contributed by atoms with Gasteiger partial charge in [-0.1, -0.05) is 24.3 Å². The third-order valence-electron chi connectivity index (χ3n) is 5.15. The molecule has 9 nitrogen and oxygen atoms in total. The average molecular weight is 489 g/mol. The molecule has 0 heterocycles.